The molecule has 0 atom stereocenters. The number of amides is 2. The van der Waals surface area contributed by atoms with E-state index in [2.05, 4.69) is 26.8 Å². The van der Waals surface area contributed by atoms with E-state index in [4.69, 9.17) is 30.5 Å². The number of methoxy groups -OCH3 is 3. The number of hydrogen-bond donors (Lipinski definition) is 2. The highest BCUT2D eigenvalue weighted by molar-refractivity contribution is 9.10. The fourth-order valence-electron chi connectivity index (χ4n) is 2.18. The molecule has 0 bridgehead atoms. The molecule has 0 aliphatic heterocycles. The molecule has 0 aliphatic rings. The van der Waals surface area contributed by atoms with Crippen LogP contribution in [0.2, 0.25) is 5.02 Å². The van der Waals surface area contributed by atoms with Gasteiger partial charge in [0.1, 0.15) is 5.75 Å². The highest BCUT2D eigenvalue weighted by Gasteiger charge is 2.17. The largest absolute Gasteiger partial charge is 0.493 e. The molecule has 150 valence electrons. The summed E-state index contributed by atoms with van der Waals surface area (Å²) >= 11 is 9.29. The van der Waals surface area contributed by atoms with Gasteiger partial charge in [-0.2, -0.15) is 0 Å². The molecule has 2 amide bonds. The molecular weight excluding hydrogens is 456 g/mol. The van der Waals surface area contributed by atoms with Gasteiger partial charge in [-0.1, -0.05) is 27.5 Å². The summed E-state index contributed by atoms with van der Waals surface area (Å²) in [6.45, 7) is -0.336. The van der Waals surface area contributed by atoms with Crippen LogP contribution in [0, 0.1) is 0 Å². The van der Waals surface area contributed by atoms with Crippen molar-refractivity contribution in [3.63, 3.8) is 0 Å². The van der Waals surface area contributed by atoms with Crippen molar-refractivity contribution in [3.05, 3.63) is 45.4 Å². The first-order valence-corrected chi connectivity index (χ1v) is 9.03. The maximum absolute atomic E-state index is 12.3. The van der Waals surface area contributed by atoms with Gasteiger partial charge in [-0.3, -0.25) is 20.4 Å². The van der Waals surface area contributed by atoms with Crippen LogP contribution in [0.1, 0.15) is 10.4 Å². The summed E-state index contributed by atoms with van der Waals surface area (Å²) in [6.07, 6.45) is 0. The molecule has 0 radical (unpaired) electrons. The number of ether oxygens (including phenoxy) is 4. The van der Waals surface area contributed by atoms with Crippen molar-refractivity contribution < 1.29 is 28.5 Å². The molecule has 2 aromatic carbocycles. The fraction of sp³-hybridized carbons (Fsp3) is 0.222. The van der Waals surface area contributed by atoms with E-state index in [1.165, 1.54) is 33.5 Å². The zero-order valence-corrected chi connectivity index (χ0v) is 17.6. The van der Waals surface area contributed by atoms with Crippen molar-refractivity contribution in [3.8, 4) is 23.0 Å². The van der Waals surface area contributed by atoms with Crippen LogP contribution >= 0.6 is 27.5 Å². The van der Waals surface area contributed by atoms with Gasteiger partial charge in [0, 0.05) is 10.0 Å². The minimum atomic E-state index is -0.575. The third-order valence-corrected chi connectivity index (χ3v) is 4.28. The van der Waals surface area contributed by atoms with Crippen LogP contribution in [-0.2, 0) is 4.79 Å². The van der Waals surface area contributed by atoms with Gasteiger partial charge in [-0.25, -0.2) is 0 Å². The van der Waals surface area contributed by atoms with E-state index < -0.39 is 11.8 Å². The lowest BCUT2D eigenvalue weighted by Crippen LogP contribution is -2.43. The highest BCUT2D eigenvalue weighted by Crippen LogP contribution is 2.38. The Morgan fingerprint density at radius 1 is 0.964 bits per heavy atom. The maximum Gasteiger partial charge on any atom is 0.276 e. The van der Waals surface area contributed by atoms with Crippen LogP contribution in [0.3, 0.4) is 0 Å². The zero-order valence-electron chi connectivity index (χ0n) is 15.3. The quantitative estimate of drug-likeness (QED) is 0.601. The molecule has 0 unspecified atom stereocenters. The van der Waals surface area contributed by atoms with E-state index >= 15 is 0 Å². The zero-order chi connectivity index (χ0) is 20.7. The Morgan fingerprint density at radius 3 is 2.14 bits per heavy atom. The van der Waals surface area contributed by atoms with Crippen molar-refractivity contribution in [2.45, 2.75) is 0 Å². The van der Waals surface area contributed by atoms with E-state index in [0.717, 1.165) is 4.47 Å². The maximum atomic E-state index is 12.3. The molecular formula is C18H18BrClN2O6. The minimum absolute atomic E-state index is 0.201. The molecule has 0 saturated carbocycles. The molecule has 0 aromatic heterocycles. The van der Waals surface area contributed by atoms with E-state index in [1.807, 2.05) is 0 Å². The number of hydrogen-bond acceptors (Lipinski definition) is 6. The normalized spacial score (nSPS) is 10.0. The first-order valence-electron chi connectivity index (χ1n) is 7.86. The van der Waals surface area contributed by atoms with Crippen molar-refractivity contribution in [1.29, 1.82) is 0 Å². The second-order valence-electron chi connectivity index (χ2n) is 5.28. The minimum Gasteiger partial charge on any atom is -0.493 e. The van der Waals surface area contributed by atoms with Crippen molar-refractivity contribution in [1.82, 2.24) is 10.9 Å². The lowest BCUT2D eigenvalue weighted by Gasteiger charge is -2.14. The van der Waals surface area contributed by atoms with E-state index in [-0.39, 0.29) is 12.2 Å². The van der Waals surface area contributed by atoms with Gasteiger partial charge in [0.25, 0.3) is 11.8 Å². The monoisotopic (exact) mass is 472 g/mol. The van der Waals surface area contributed by atoms with Crippen LogP contribution in [0.5, 0.6) is 23.0 Å². The molecule has 10 heteroatoms. The van der Waals surface area contributed by atoms with Crippen LogP contribution in [0.4, 0.5) is 0 Å². The average Bonchev–Trinajstić information content (AvgIpc) is 2.69. The van der Waals surface area contributed by atoms with Gasteiger partial charge in [0.05, 0.1) is 26.4 Å². The van der Waals surface area contributed by atoms with E-state index in [9.17, 15) is 9.59 Å². The molecule has 0 aliphatic carbocycles. The van der Waals surface area contributed by atoms with Gasteiger partial charge in [0.15, 0.2) is 18.1 Å². The molecule has 0 saturated heterocycles. The van der Waals surface area contributed by atoms with Crippen LogP contribution in [0.15, 0.2) is 34.8 Å². The molecule has 2 aromatic rings. The lowest BCUT2D eigenvalue weighted by molar-refractivity contribution is -0.123. The third-order valence-electron chi connectivity index (χ3n) is 3.50. The Hall–Kier alpha value is -2.65. The summed E-state index contributed by atoms with van der Waals surface area (Å²) in [5.41, 5.74) is 4.75. The predicted molar refractivity (Wildman–Crippen MR) is 106 cm³/mol. The molecule has 2 N–H and O–H groups in total. The number of rotatable bonds is 7. The van der Waals surface area contributed by atoms with Gasteiger partial charge in [-0.15, -0.1) is 0 Å². The Labute approximate surface area is 175 Å². The first kappa shape index (κ1) is 21.6. The van der Waals surface area contributed by atoms with Gasteiger partial charge < -0.3 is 18.9 Å². The Kier molecular flexibility index (Phi) is 7.77. The topological polar surface area (TPSA) is 95.1 Å². The Morgan fingerprint density at radius 2 is 1.61 bits per heavy atom. The molecule has 28 heavy (non-hydrogen) atoms. The number of carbonyl (C=O) groups is 2. The fourth-order valence-corrected chi connectivity index (χ4v) is 2.91. The lowest BCUT2D eigenvalue weighted by atomic mass is 10.1. The molecule has 8 nitrogen and oxygen atoms in total. The first-order chi connectivity index (χ1) is 13.4. The SMILES string of the molecule is COc1cc(C(=O)NNC(=O)COc2ccc(Br)cc2Cl)cc(OC)c1OC. The van der Waals surface area contributed by atoms with Crippen molar-refractivity contribution >= 4 is 39.3 Å². The van der Waals surface area contributed by atoms with Gasteiger partial charge in [-0.05, 0) is 30.3 Å². The number of nitrogens with one attached hydrogen (secondary N) is 2. The van der Waals surface area contributed by atoms with Crippen LogP contribution < -0.4 is 29.8 Å². The van der Waals surface area contributed by atoms with Crippen LogP contribution in [0.25, 0.3) is 0 Å². The van der Waals surface area contributed by atoms with Crippen LogP contribution in [-0.4, -0.2) is 39.8 Å². The molecule has 0 spiro atoms. The van der Waals surface area contributed by atoms with Gasteiger partial charge >= 0.3 is 0 Å². The number of halogens is 2. The van der Waals surface area contributed by atoms with Crippen molar-refractivity contribution in [2.24, 2.45) is 0 Å². The standard InChI is InChI=1S/C18H18BrClN2O6/c1-25-14-6-10(7-15(26-2)17(14)27-3)18(24)22-21-16(23)9-28-13-5-4-11(19)8-12(13)20/h4-8H,9H2,1-3H3,(H,21,23)(H,22,24). The molecule has 0 heterocycles. The highest BCUT2D eigenvalue weighted by atomic mass is 79.9. The van der Waals surface area contributed by atoms with Gasteiger partial charge in [0.2, 0.25) is 5.75 Å². The number of carbonyl (C=O) groups excluding carboxylic acids is 2. The number of benzene rings is 2. The number of hydrazine groups is 1. The summed E-state index contributed by atoms with van der Waals surface area (Å²) in [5, 5.41) is 0.351. The predicted octanol–water partition coefficient (Wildman–Crippen LogP) is 2.97. The van der Waals surface area contributed by atoms with Crippen molar-refractivity contribution in [2.75, 3.05) is 27.9 Å². The molecule has 2 rings (SSSR count). The second kappa shape index (κ2) is 10.0. The molecule has 0 fully saturated rings. The average molecular weight is 474 g/mol. The summed E-state index contributed by atoms with van der Waals surface area (Å²) in [7, 11) is 4.33. The smallest absolute Gasteiger partial charge is 0.276 e. The van der Waals surface area contributed by atoms with E-state index in [1.54, 1.807) is 18.2 Å². The Balaban J connectivity index is 1.96. The third kappa shape index (κ3) is 5.43. The Bertz CT molecular complexity index is 852. The summed E-state index contributed by atoms with van der Waals surface area (Å²) in [4.78, 5) is 24.2. The van der Waals surface area contributed by atoms with E-state index in [0.29, 0.717) is 28.0 Å². The summed E-state index contributed by atoms with van der Waals surface area (Å²) in [5.74, 6) is 0.175. The second-order valence-corrected chi connectivity index (χ2v) is 6.60. The summed E-state index contributed by atoms with van der Waals surface area (Å²) < 4.78 is 21.7. The summed E-state index contributed by atoms with van der Waals surface area (Å²) in [6, 6.07) is 7.91.